The number of nitrogens with one attached hydrogen (secondary N) is 2. The van der Waals surface area contributed by atoms with Gasteiger partial charge in [-0.2, -0.15) is 25.3 Å². The second-order valence-corrected chi connectivity index (χ2v) is 6.47. The van der Waals surface area contributed by atoms with Crippen LogP contribution in [0.25, 0.3) is 0 Å². The first-order valence-corrected chi connectivity index (χ1v) is 9.55. The van der Waals surface area contributed by atoms with E-state index >= 15 is 0 Å². The minimum atomic E-state index is 0.154. The van der Waals surface area contributed by atoms with Gasteiger partial charge in [-0.25, -0.2) is 0 Å². The van der Waals surface area contributed by atoms with E-state index in [0.717, 1.165) is 30.2 Å². The summed E-state index contributed by atoms with van der Waals surface area (Å²) < 4.78 is 5.20. The van der Waals surface area contributed by atoms with Gasteiger partial charge in [-0.1, -0.05) is 24.3 Å². The Morgan fingerprint density at radius 1 is 0.840 bits per heavy atom. The SMILES string of the molecule is COc1ccc(C(CS)NCCNC(CS)c2ccc(O)cc2)cc1. The predicted octanol–water partition coefficient (Wildman–Crippen LogP) is 3.22. The molecule has 0 bridgehead atoms. The van der Waals surface area contributed by atoms with Gasteiger partial charge in [-0.05, 0) is 35.4 Å². The minimum absolute atomic E-state index is 0.154. The van der Waals surface area contributed by atoms with E-state index in [2.05, 4.69) is 48.0 Å². The molecule has 0 fully saturated rings. The van der Waals surface area contributed by atoms with Crippen molar-refractivity contribution in [1.82, 2.24) is 10.6 Å². The molecule has 0 spiro atoms. The summed E-state index contributed by atoms with van der Waals surface area (Å²) in [7, 11) is 1.67. The molecule has 2 atom stereocenters. The number of benzene rings is 2. The number of thiol groups is 2. The van der Waals surface area contributed by atoms with Crippen LogP contribution in [0.2, 0.25) is 0 Å². The van der Waals surface area contributed by atoms with Crippen molar-refractivity contribution >= 4 is 25.3 Å². The van der Waals surface area contributed by atoms with Crippen LogP contribution < -0.4 is 15.4 Å². The topological polar surface area (TPSA) is 53.5 Å². The Hall–Kier alpha value is -1.34. The quantitative estimate of drug-likeness (QED) is 0.325. The molecule has 3 N–H and O–H groups in total. The Labute approximate surface area is 160 Å². The van der Waals surface area contributed by atoms with Crippen molar-refractivity contribution < 1.29 is 9.84 Å². The van der Waals surface area contributed by atoms with Crippen LogP contribution in [-0.4, -0.2) is 36.8 Å². The second kappa shape index (κ2) is 10.6. The van der Waals surface area contributed by atoms with Crippen molar-refractivity contribution in [2.24, 2.45) is 0 Å². The number of hydrogen-bond acceptors (Lipinski definition) is 6. The van der Waals surface area contributed by atoms with Crippen molar-refractivity contribution in [2.45, 2.75) is 12.1 Å². The van der Waals surface area contributed by atoms with Gasteiger partial charge in [0.05, 0.1) is 7.11 Å². The maximum absolute atomic E-state index is 9.39. The summed E-state index contributed by atoms with van der Waals surface area (Å²) in [5.74, 6) is 2.55. The predicted molar refractivity (Wildman–Crippen MR) is 110 cm³/mol. The monoisotopic (exact) mass is 378 g/mol. The average Bonchev–Trinajstić information content (AvgIpc) is 2.66. The molecule has 0 saturated heterocycles. The van der Waals surface area contributed by atoms with Gasteiger partial charge in [-0.15, -0.1) is 0 Å². The van der Waals surface area contributed by atoms with Crippen molar-refractivity contribution in [3.63, 3.8) is 0 Å². The summed E-state index contributed by atoms with van der Waals surface area (Å²) in [6.45, 7) is 1.63. The summed E-state index contributed by atoms with van der Waals surface area (Å²) in [6.07, 6.45) is 0. The number of methoxy groups -OCH3 is 1. The van der Waals surface area contributed by atoms with Gasteiger partial charge in [0.15, 0.2) is 0 Å². The number of aromatic hydroxyl groups is 1. The van der Waals surface area contributed by atoms with Crippen LogP contribution in [0.15, 0.2) is 48.5 Å². The fourth-order valence-electron chi connectivity index (χ4n) is 2.61. The van der Waals surface area contributed by atoms with Crippen LogP contribution in [0.3, 0.4) is 0 Å². The molecule has 2 unspecified atom stereocenters. The molecule has 0 saturated carbocycles. The van der Waals surface area contributed by atoms with Crippen molar-refractivity contribution in [1.29, 1.82) is 0 Å². The maximum Gasteiger partial charge on any atom is 0.118 e. The Balaban J connectivity index is 1.82. The highest BCUT2D eigenvalue weighted by Gasteiger charge is 2.11. The molecule has 2 aromatic carbocycles. The first-order chi connectivity index (χ1) is 12.2. The molecular weight excluding hydrogens is 352 g/mol. The van der Waals surface area contributed by atoms with Gasteiger partial charge in [0.1, 0.15) is 11.5 Å². The maximum atomic E-state index is 9.39. The zero-order valence-electron chi connectivity index (χ0n) is 14.4. The molecule has 2 aromatic rings. The molecule has 25 heavy (non-hydrogen) atoms. The number of hydrogen-bond donors (Lipinski definition) is 5. The van der Waals surface area contributed by atoms with E-state index in [0.29, 0.717) is 5.75 Å². The number of rotatable bonds is 10. The van der Waals surface area contributed by atoms with E-state index in [1.165, 1.54) is 5.56 Å². The lowest BCUT2D eigenvalue weighted by Crippen LogP contribution is -2.33. The number of phenols is 1. The molecule has 0 aliphatic heterocycles. The molecule has 0 aromatic heterocycles. The Morgan fingerprint density at radius 2 is 1.28 bits per heavy atom. The Morgan fingerprint density at radius 3 is 1.68 bits per heavy atom. The van der Waals surface area contributed by atoms with Crippen LogP contribution in [0, 0.1) is 0 Å². The van der Waals surface area contributed by atoms with E-state index in [-0.39, 0.29) is 17.8 Å². The highest BCUT2D eigenvalue weighted by molar-refractivity contribution is 7.80. The molecule has 4 nitrogen and oxygen atoms in total. The minimum Gasteiger partial charge on any atom is -0.508 e. The average molecular weight is 379 g/mol. The van der Waals surface area contributed by atoms with Crippen LogP contribution in [0.4, 0.5) is 0 Å². The summed E-state index contributed by atoms with van der Waals surface area (Å²) in [4.78, 5) is 0. The number of ether oxygens (including phenoxy) is 1. The third-order valence-electron chi connectivity index (χ3n) is 4.09. The Bertz CT molecular complexity index is 620. The molecule has 0 aliphatic carbocycles. The standard InChI is InChI=1S/C19H26N2O2S2/c1-23-17-8-4-15(5-9-17)19(13-25)21-11-10-20-18(12-24)14-2-6-16(22)7-3-14/h2-9,18-22,24-25H,10-13H2,1H3. The van der Waals surface area contributed by atoms with Gasteiger partial charge in [0.25, 0.3) is 0 Å². The normalized spacial score (nSPS) is 13.4. The van der Waals surface area contributed by atoms with Crippen LogP contribution in [0.5, 0.6) is 11.5 Å². The van der Waals surface area contributed by atoms with E-state index in [9.17, 15) is 5.11 Å². The first kappa shape index (κ1) is 20.0. The van der Waals surface area contributed by atoms with Gasteiger partial charge in [-0.3, -0.25) is 0 Å². The molecule has 6 heteroatoms. The zero-order chi connectivity index (χ0) is 18.1. The third-order valence-corrected chi connectivity index (χ3v) is 4.82. The highest BCUT2D eigenvalue weighted by atomic mass is 32.1. The van der Waals surface area contributed by atoms with Crippen LogP contribution >= 0.6 is 25.3 Å². The first-order valence-electron chi connectivity index (χ1n) is 8.29. The van der Waals surface area contributed by atoms with E-state index in [1.54, 1.807) is 19.2 Å². The van der Waals surface area contributed by atoms with Crippen LogP contribution in [0.1, 0.15) is 23.2 Å². The largest absolute Gasteiger partial charge is 0.508 e. The molecule has 0 amide bonds. The molecule has 0 radical (unpaired) electrons. The molecule has 0 heterocycles. The lowest BCUT2D eigenvalue weighted by atomic mass is 10.1. The van der Waals surface area contributed by atoms with E-state index in [4.69, 9.17) is 4.74 Å². The van der Waals surface area contributed by atoms with Crippen molar-refractivity contribution in [2.75, 3.05) is 31.7 Å². The van der Waals surface area contributed by atoms with Crippen molar-refractivity contribution in [3.05, 3.63) is 59.7 Å². The fourth-order valence-corrected chi connectivity index (χ4v) is 3.29. The van der Waals surface area contributed by atoms with Gasteiger partial charge >= 0.3 is 0 Å². The summed E-state index contributed by atoms with van der Waals surface area (Å²) in [6, 6.07) is 15.6. The van der Waals surface area contributed by atoms with Crippen molar-refractivity contribution in [3.8, 4) is 11.5 Å². The summed E-state index contributed by atoms with van der Waals surface area (Å²) >= 11 is 8.87. The third kappa shape index (κ3) is 6.15. The van der Waals surface area contributed by atoms with Gasteiger partial charge < -0.3 is 20.5 Å². The van der Waals surface area contributed by atoms with E-state index < -0.39 is 0 Å². The van der Waals surface area contributed by atoms with Gasteiger partial charge in [0, 0.05) is 36.7 Å². The van der Waals surface area contributed by atoms with Gasteiger partial charge in [0.2, 0.25) is 0 Å². The lowest BCUT2D eigenvalue weighted by Gasteiger charge is -2.20. The fraction of sp³-hybridized carbons (Fsp3) is 0.368. The highest BCUT2D eigenvalue weighted by Crippen LogP contribution is 2.19. The Kier molecular flexibility index (Phi) is 8.48. The lowest BCUT2D eigenvalue weighted by molar-refractivity contribution is 0.414. The number of phenolic OH excluding ortho intramolecular Hbond substituents is 1. The summed E-state index contributed by atoms with van der Waals surface area (Å²) in [5, 5.41) is 16.4. The second-order valence-electron chi connectivity index (χ2n) is 5.74. The molecular formula is C19H26N2O2S2. The molecule has 136 valence electrons. The molecule has 0 aliphatic rings. The molecule has 2 rings (SSSR count). The van der Waals surface area contributed by atoms with Crippen LogP contribution in [-0.2, 0) is 0 Å². The zero-order valence-corrected chi connectivity index (χ0v) is 16.1. The van der Waals surface area contributed by atoms with E-state index in [1.807, 2.05) is 24.3 Å². The summed E-state index contributed by atoms with van der Waals surface area (Å²) in [5.41, 5.74) is 2.31. The smallest absolute Gasteiger partial charge is 0.118 e.